The van der Waals surface area contributed by atoms with Crippen LogP contribution >= 0.6 is 0 Å². The Hall–Kier alpha value is -1.13. The summed E-state index contributed by atoms with van der Waals surface area (Å²) in [5.74, 6) is -0.0597. The Labute approximate surface area is 110 Å². The SMILES string of the molecule is CCN(CO)C(=O)c1c(C)cccc1[Si](C)(C)C. The molecule has 0 bridgehead atoms. The van der Waals surface area contributed by atoms with E-state index >= 15 is 0 Å². The Balaban J connectivity index is 3.35. The third kappa shape index (κ3) is 3.00. The van der Waals surface area contributed by atoms with Crippen LogP contribution in [-0.2, 0) is 0 Å². The predicted molar refractivity (Wildman–Crippen MR) is 78.0 cm³/mol. The molecule has 18 heavy (non-hydrogen) atoms. The summed E-state index contributed by atoms with van der Waals surface area (Å²) in [6.07, 6.45) is 0. The van der Waals surface area contributed by atoms with Crippen LogP contribution in [0.4, 0.5) is 0 Å². The van der Waals surface area contributed by atoms with Crippen LogP contribution in [0.2, 0.25) is 19.6 Å². The third-order valence-electron chi connectivity index (χ3n) is 3.13. The number of carbonyl (C=O) groups is 1. The van der Waals surface area contributed by atoms with E-state index < -0.39 is 8.07 Å². The zero-order chi connectivity index (χ0) is 13.9. The molecule has 1 amide bonds. The van der Waals surface area contributed by atoms with Crippen LogP contribution in [0.1, 0.15) is 22.8 Å². The standard InChI is InChI=1S/C14H23NO2Si/c1-6-15(10-16)14(17)13-11(2)8-7-9-12(13)18(3,4)5/h7-9,16H,6,10H2,1-5H3. The van der Waals surface area contributed by atoms with Gasteiger partial charge in [0.15, 0.2) is 0 Å². The molecule has 0 heterocycles. The molecule has 1 aromatic rings. The molecule has 0 saturated carbocycles. The van der Waals surface area contributed by atoms with Crippen molar-refractivity contribution in [3.05, 3.63) is 29.3 Å². The van der Waals surface area contributed by atoms with Gasteiger partial charge in [-0.2, -0.15) is 0 Å². The van der Waals surface area contributed by atoms with E-state index in [-0.39, 0.29) is 12.6 Å². The molecule has 1 rings (SSSR count). The first-order chi connectivity index (χ1) is 8.32. The fraction of sp³-hybridized carbons (Fsp3) is 0.500. The summed E-state index contributed by atoms with van der Waals surface area (Å²) in [6.45, 7) is 10.8. The van der Waals surface area contributed by atoms with E-state index in [0.717, 1.165) is 11.1 Å². The lowest BCUT2D eigenvalue weighted by Gasteiger charge is -2.25. The minimum absolute atomic E-state index is 0.0597. The lowest BCUT2D eigenvalue weighted by atomic mass is 10.1. The molecule has 4 heteroatoms. The van der Waals surface area contributed by atoms with Crippen LogP contribution in [0.25, 0.3) is 0 Å². The molecule has 100 valence electrons. The lowest BCUT2D eigenvalue weighted by Crippen LogP contribution is -2.45. The summed E-state index contributed by atoms with van der Waals surface area (Å²) in [6, 6.07) is 6.02. The van der Waals surface area contributed by atoms with E-state index in [2.05, 4.69) is 25.7 Å². The summed E-state index contributed by atoms with van der Waals surface area (Å²) >= 11 is 0. The van der Waals surface area contributed by atoms with Gasteiger partial charge in [-0.15, -0.1) is 0 Å². The molecule has 1 N–H and O–H groups in total. The van der Waals surface area contributed by atoms with Gasteiger partial charge in [-0.3, -0.25) is 4.79 Å². The molecule has 0 unspecified atom stereocenters. The van der Waals surface area contributed by atoms with E-state index in [1.54, 1.807) is 0 Å². The number of nitrogens with zero attached hydrogens (tertiary/aromatic N) is 1. The first kappa shape index (κ1) is 14.9. The van der Waals surface area contributed by atoms with E-state index in [0.29, 0.717) is 6.54 Å². The number of amides is 1. The summed E-state index contributed by atoms with van der Waals surface area (Å²) in [7, 11) is -1.57. The average Bonchev–Trinajstić information content (AvgIpc) is 2.28. The highest BCUT2D eigenvalue weighted by molar-refractivity contribution is 6.89. The molecule has 0 spiro atoms. The quantitative estimate of drug-likeness (QED) is 0.668. The molecular formula is C14H23NO2Si. The topological polar surface area (TPSA) is 40.5 Å². The average molecular weight is 265 g/mol. The van der Waals surface area contributed by atoms with Crippen molar-refractivity contribution in [2.75, 3.05) is 13.3 Å². The van der Waals surface area contributed by atoms with Gasteiger partial charge in [0.2, 0.25) is 0 Å². The summed E-state index contributed by atoms with van der Waals surface area (Å²) in [5, 5.41) is 10.4. The van der Waals surface area contributed by atoms with Crippen molar-refractivity contribution in [1.29, 1.82) is 0 Å². The van der Waals surface area contributed by atoms with Crippen molar-refractivity contribution in [1.82, 2.24) is 4.90 Å². The third-order valence-corrected chi connectivity index (χ3v) is 5.17. The highest BCUT2D eigenvalue weighted by atomic mass is 28.3. The molecule has 0 fully saturated rings. The number of aliphatic hydroxyl groups is 1. The van der Waals surface area contributed by atoms with Gasteiger partial charge in [-0.05, 0) is 24.6 Å². The van der Waals surface area contributed by atoms with Gasteiger partial charge in [0.1, 0.15) is 6.73 Å². The second-order valence-electron chi connectivity index (χ2n) is 5.55. The van der Waals surface area contributed by atoms with Crippen molar-refractivity contribution < 1.29 is 9.90 Å². The Bertz CT molecular complexity index is 434. The molecule has 0 aromatic heterocycles. The Morgan fingerprint density at radius 1 is 1.33 bits per heavy atom. The zero-order valence-electron chi connectivity index (χ0n) is 11.9. The van der Waals surface area contributed by atoms with Crippen LogP contribution in [0, 0.1) is 6.92 Å². The molecular weight excluding hydrogens is 242 g/mol. The molecule has 3 nitrogen and oxygen atoms in total. The van der Waals surface area contributed by atoms with Crippen molar-refractivity contribution in [2.45, 2.75) is 33.5 Å². The maximum atomic E-state index is 12.5. The number of hydrogen-bond donors (Lipinski definition) is 1. The van der Waals surface area contributed by atoms with Gasteiger partial charge in [0, 0.05) is 12.1 Å². The van der Waals surface area contributed by atoms with Crippen molar-refractivity contribution in [2.24, 2.45) is 0 Å². The normalized spacial score (nSPS) is 11.4. The Morgan fingerprint density at radius 3 is 2.39 bits per heavy atom. The molecule has 0 atom stereocenters. The maximum Gasteiger partial charge on any atom is 0.255 e. The minimum atomic E-state index is -1.57. The molecule has 0 aliphatic carbocycles. The number of aryl methyl sites for hydroxylation is 1. The number of aliphatic hydroxyl groups excluding tert-OH is 1. The van der Waals surface area contributed by atoms with Gasteiger partial charge in [0.25, 0.3) is 5.91 Å². The summed E-state index contributed by atoms with van der Waals surface area (Å²) < 4.78 is 0. The Morgan fingerprint density at radius 2 is 1.94 bits per heavy atom. The fourth-order valence-corrected chi connectivity index (χ4v) is 3.69. The molecule has 1 aromatic carbocycles. The summed E-state index contributed by atoms with van der Waals surface area (Å²) in [5.41, 5.74) is 1.78. The van der Waals surface area contributed by atoms with Gasteiger partial charge < -0.3 is 10.0 Å². The zero-order valence-corrected chi connectivity index (χ0v) is 12.9. The highest BCUT2D eigenvalue weighted by Gasteiger charge is 2.26. The van der Waals surface area contributed by atoms with Crippen LogP contribution in [0.3, 0.4) is 0 Å². The van der Waals surface area contributed by atoms with Crippen molar-refractivity contribution in [3.63, 3.8) is 0 Å². The Kier molecular flexibility index (Phi) is 4.70. The van der Waals surface area contributed by atoms with Crippen molar-refractivity contribution in [3.8, 4) is 0 Å². The number of rotatable bonds is 4. The first-order valence-electron chi connectivity index (χ1n) is 6.33. The smallest absolute Gasteiger partial charge is 0.255 e. The van der Waals surface area contributed by atoms with E-state index in [9.17, 15) is 9.90 Å². The lowest BCUT2D eigenvalue weighted by molar-refractivity contribution is 0.0572. The predicted octanol–water partition coefficient (Wildman–Crippen LogP) is 1.95. The monoisotopic (exact) mass is 265 g/mol. The maximum absolute atomic E-state index is 12.5. The van der Waals surface area contributed by atoms with E-state index in [4.69, 9.17) is 0 Å². The number of benzene rings is 1. The molecule has 0 radical (unpaired) electrons. The van der Waals surface area contributed by atoms with Gasteiger partial charge in [-0.25, -0.2) is 0 Å². The summed E-state index contributed by atoms with van der Waals surface area (Å²) in [4.78, 5) is 13.9. The van der Waals surface area contributed by atoms with Gasteiger partial charge in [-0.1, -0.05) is 37.8 Å². The van der Waals surface area contributed by atoms with E-state index in [1.807, 2.05) is 26.0 Å². The minimum Gasteiger partial charge on any atom is -0.376 e. The first-order valence-corrected chi connectivity index (χ1v) is 9.83. The van der Waals surface area contributed by atoms with Crippen LogP contribution < -0.4 is 5.19 Å². The largest absolute Gasteiger partial charge is 0.376 e. The van der Waals surface area contributed by atoms with Gasteiger partial charge in [0.05, 0.1) is 8.07 Å². The van der Waals surface area contributed by atoms with Crippen LogP contribution in [-0.4, -0.2) is 37.3 Å². The van der Waals surface area contributed by atoms with E-state index in [1.165, 1.54) is 10.1 Å². The number of carbonyl (C=O) groups excluding carboxylic acids is 1. The van der Waals surface area contributed by atoms with Gasteiger partial charge >= 0.3 is 0 Å². The molecule has 0 aliphatic heterocycles. The fourth-order valence-electron chi connectivity index (χ4n) is 2.04. The second kappa shape index (κ2) is 5.67. The molecule has 0 saturated heterocycles. The number of hydrogen-bond acceptors (Lipinski definition) is 2. The highest BCUT2D eigenvalue weighted by Crippen LogP contribution is 2.14. The van der Waals surface area contributed by atoms with Crippen LogP contribution in [0.15, 0.2) is 18.2 Å². The molecule has 0 aliphatic rings. The van der Waals surface area contributed by atoms with Crippen molar-refractivity contribution >= 4 is 19.2 Å². The van der Waals surface area contributed by atoms with Crippen LogP contribution in [0.5, 0.6) is 0 Å². The second-order valence-corrected chi connectivity index (χ2v) is 10.6.